The van der Waals surface area contributed by atoms with Crippen molar-refractivity contribution in [1.82, 2.24) is 15.2 Å². The largest absolute Gasteiger partial charge is 0.316 e. The number of hydrogen-bond acceptors (Lipinski definition) is 4. The summed E-state index contributed by atoms with van der Waals surface area (Å²) in [5.41, 5.74) is 0. The molecule has 1 aromatic rings. The Morgan fingerprint density at radius 1 is 1.59 bits per heavy atom. The normalized spacial score (nSPS) is 21.2. The Kier molecular flexibility index (Phi) is 6.41. The molecule has 98 valence electrons. The van der Waals surface area contributed by atoms with E-state index >= 15 is 0 Å². The van der Waals surface area contributed by atoms with Gasteiger partial charge in [0.05, 0.1) is 6.54 Å². The molecule has 0 bridgehead atoms. The minimum absolute atomic E-state index is 0. The average Bonchev–Trinajstić information content (AvgIpc) is 2.77. The second-order valence-electron chi connectivity index (χ2n) is 4.44. The predicted molar refractivity (Wildman–Crippen MR) is 76.1 cm³/mol. The van der Waals surface area contributed by atoms with E-state index in [9.17, 15) is 0 Å². The maximum absolute atomic E-state index is 4.49. The molecule has 1 atom stereocenters. The summed E-state index contributed by atoms with van der Waals surface area (Å²) in [6.07, 6.45) is 5.75. The molecule has 0 aliphatic carbocycles. The van der Waals surface area contributed by atoms with Crippen molar-refractivity contribution in [2.24, 2.45) is 0 Å². The third kappa shape index (κ3) is 4.21. The van der Waals surface area contributed by atoms with Crippen LogP contribution < -0.4 is 5.32 Å². The smallest absolute Gasteiger partial charge is 0.107 e. The first kappa shape index (κ1) is 14.9. The molecule has 1 fully saturated rings. The highest BCUT2D eigenvalue weighted by atomic mass is 35.5. The van der Waals surface area contributed by atoms with Crippen LogP contribution in [0.4, 0.5) is 0 Å². The number of likely N-dealkylation sites (N-methyl/N-ethyl adjacent to an activating group) is 1. The van der Waals surface area contributed by atoms with Crippen LogP contribution in [0.25, 0.3) is 0 Å². The fourth-order valence-corrected chi connectivity index (χ4v) is 3.12. The Morgan fingerprint density at radius 3 is 3.06 bits per heavy atom. The minimum Gasteiger partial charge on any atom is -0.316 e. The molecule has 1 aliphatic heterocycles. The lowest BCUT2D eigenvalue weighted by Crippen LogP contribution is -2.43. The number of hydrogen-bond donors (Lipinski definition) is 1. The number of piperidine rings is 1. The highest BCUT2D eigenvalue weighted by Crippen LogP contribution is 2.18. The lowest BCUT2D eigenvalue weighted by atomic mass is 10.1. The van der Waals surface area contributed by atoms with Gasteiger partial charge in [0.2, 0.25) is 0 Å². The summed E-state index contributed by atoms with van der Waals surface area (Å²) in [7, 11) is 2.06. The minimum atomic E-state index is 0. The molecule has 17 heavy (non-hydrogen) atoms. The van der Waals surface area contributed by atoms with E-state index in [1.165, 1.54) is 29.3 Å². The van der Waals surface area contributed by atoms with Crippen LogP contribution in [0.3, 0.4) is 0 Å². The molecule has 0 spiro atoms. The van der Waals surface area contributed by atoms with Gasteiger partial charge in [-0.15, -0.1) is 23.7 Å². The second kappa shape index (κ2) is 7.31. The van der Waals surface area contributed by atoms with E-state index in [1.54, 1.807) is 0 Å². The molecule has 1 aliphatic rings. The number of likely N-dealkylation sites (tertiary alicyclic amines) is 1. The number of aromatic nitrogens is 1. The van der Waals surface area contributed by atoms with Gasteiger partial charge in [0.25, 0.3) is 0 Å². The molecule has 1 N–H and O–H groups in total. The zero-order chi connectivity index (χ0) is 11.4. The van der Waals surface area contributed by atoms with Crippen LogP contribution in [0, 0.1) is 0 Å². The monoisotopic (exact) mass is 275 g/mol. The molecule has 2 heterocycles. The van der Waals surface area contributed by atoms with Gasteiger partial charge in [0, 0.05) is 23.7 Å². The van der Waals surface area contributed by atoms with Crippen molar-refractivity contribution in [3.63, 3.8) is 0 Å². The van der Waals surface area contributed by atoms with Crippen molar-refractivity contribution in [2.75, 3.05) is 20.1 Å². The molecule has 1 saturated heterocycles. The maximum atomic E-state index is 4.49. The van der Waals surface area contributed by atoms with Crippen molar-refractivity contribution in [1.29, 1.82) is 0 Å². The molecule has 1 unspecified atom stereocenters. The number of nitrogens with one attached hydrogen (secondary N) is 1. The van der Waals surface area contributed by atoms with Crippen molar-refractivity contribution in [2.45, 2.75) is 38.8 Å². The summed E-state index contributed by atoms with van der Waals surface area (Å²) >= 11 is 1.86. The number of nitrogens with zero attached hydrogens (tertiary/aromatic N) is 2. The van der Waals surface area contributed by atoms with Crippen molar-refractivity contribution in [3.8, 4) is 0 Å². The lowest BCUT2D eigenvalue weighted by Gasteiger charge is -2.31. The third-order valence-electron chi connectivity index (χ3n) is 3.22. The van der Waals surface area contributed by atoms with E-state index in [1.807, 2.05) is 17.5 Å². The molecule has 0 amide bonds. The molecule has 5 heteroatoms. The van der Waals surface area contributed by atoms with Crippen molar-refractivity contribution >= 4 is 23.7 Å². The Labute approximate surface area is 114 Å². The van der Waals surface area contributed by atoms with Crippen LogP contribution in [0.1, 0.15) is 29.7 Å². The topological polar surface area (TPSA) is 28.2 Å². The van der Waals surface area contributed by atoms with Crippen LogP contribution in [0.5, 0.6) is 0 Å². The lowest BCUT2D eigenvalue weighted by molar-refractivity contribution is 0.188. The van der Waals surface area contributed by atoms with E-state index in [4.69, 9.17) is 0 Å². The van der Waals surface area contributed by atoms with Crippen LogP contribution in [0.15, 0.2) is 6.20 Å². The van der Waals surface area contributed by atoms with E-state index in [-0.39, 0.29) is 12.4 Å². The van der Waals surface area contributed by atoms with Crippen LogP contribution in [-0.2, 0) is 13.0 Å². The number of aryl methyl sites for hydroxylation is 1. The van der Waals surface area contributed by atoms with Gasteiger partial charge in [-0.3, -0.25) is 4.90 Å². The zero-order valence-corrected chi connectivity index (χ0v) is 12.2. The van der Waals surface area contributed by atoms with Gasteiger partial charge in [0.15, 0.2) is 0 Å². The summed E-state index contributed by atoms with van der Waals surface area (Å²) in [4.78, 5) is 8.41. The summed E-state index contributed by atoms with van der Waals surface area (Å²) in [6, 6.07) is 0.666. The quantitative estimate of drug-likeness (QED) is 0.914. The first-order chi connectivity index (χ1) is 7.81. The Morgan fingerprint density at radius 2 is 2.41 bits per heavy atom. The molecule has 2 rings (SSSR count). The van der Waals surface area contributed by atoms with Gasteiger partial charge < -0.3 is 5.32 Å². The van der Waals surface area contributed by atoms with Crippen LogP contribution in [0.2, 0.25) is 0 Å². The first-order valence-electron chi connectivity index (χ1n) is 6.15. The molecule has 0 saturated carbocycles. The van der Waals surface area contributed by atoms with E-state index in [2.05, 4.69) is 29.2 Å². The summed E-state index contributed by atoms with van der Waals surface area (Å²) in [5, 5.41) is 4.65. The Hall–Kier alpha value is -0.160. The summed E-state index contributed by atoms with van der Waals surface area (Å²) in [6.45, 7) is 5.61. The molecular formula is C12H22ClN3S. The molecule has 0 aromatic carbocycles. The van der Waals surface area contributed by atoms with Gasteiger partial charge in [-0.25, -0.2) is 4.98 Å². The van der Waals surface area contributed by atoms with Crippen molar-refractivity contribution < 1.29 is 0 Å². The summed E-state index contributed by atoms with van der Waals surface area (Å²) < 4.78 is 0. The first-order valence-corrected chi connectivity index (χ1v) is 6.96. The highest BCUT2D eigenvalue weighted by Gasteiger charge is 2.19. The van der Waals surface area contributed by atoms with E-state index in [0.717, 1.165) is 19.5 Å². The van der Waals surface area contributed by atoms with Gasteiger partial charge in [-0.2, -0.15) is 0 Å². The average molecular weight is 276 g/mol. The Balaban J connectivity index is 0.00000144. The number of rotatable bonds is 4. The number of halogens is 1. The zero-order valence-electron chi connectivity index (χ0n) is 10.6. The second-order valence-corrected chi connectivity index (χ2v) is 5.64. The van der Waals surface area contributed by atoms with Crippen LogP contribution in [-0.4, -0.2) is 36.1 Å². The predicted octanol–water partition coefficient (Wildman–Crippen LogP) is 2.31. The molecule has 1 aromatic heterocycles. The van der Waals surface area contributed by atoms with Gasteiger partial charge in [-0.1, -0.05) is 6.92 Å². The van der Waals surface area contributed by atoms with Crippen LogP contribution >= 0.6 is 23.7 Å². The summed E-state index contributed by atoms with van der Waals surface area (Å²) in [5.74, 6) is 0. The fourth-order valence-electron chi connectivity index (χ4n) is 2.21. The van der Waals surface area contributed by atoms with Gasteiger partial charge in [0.1, 0.15) is 5.01 Å². The number of thiazole rings is 1. The van der Waals surface area contributed by atoms with Crippen molar-refractivity contribution in [3.05, 3.63) is 16.1 Å². The molecule has 0 radical (unpaired) electrons. The van der Waals surface area contributed by atoms with E-state index < -0.39 is 0 Å². The molecular weight excluding hydrogens is 254 g/mol. The molecule has 3 nitrogen and oxygen atoms in total. The SMILES string of the molecule is CCc1cnc(CN2CCCC(NC)C2)s1.Cl. The maximum Gasteiger partial charge on any atom is 0.107 e. The van der Waals surface area contributed by atoms with E-state index in [0.29, 0.717) is 6.04 Å². The third-order valence-corrected chi connectivity index (χ3v) is 4.35. The fraction of sp³-hybridized carbons (Fsp3) is 0.750. The van der Waals surface area contributed by atoms with Gasteiger partial charge >= 0.3 is 0 Å². The standard InChI is InChI=1S/C12H21N3S.ClH/c1-3-11-7-14-12(16-11)9-15-6-4-5-10(8-15)13-2;/h7,10,13H,3-6,8-9H2,1-2H3;1H. The Bertz CT molecular complexity index is 329. The van der Waals surface area contributed by atoms with Gasteiger partial charge in [-0.05, 0) is 32.9 Å². The highest BCUT2D eigenvalue weighted by molar-refractivity contribution is 7.11.